The zero-order chi connectivity index (χ0) is 21.8. The lowest BCUT2D eigenvalue weighted by Crippen LogP contribution is -2.39. The van der Waals surface area contributed by atoms with Gasteiger partial charge in [-0.3, -0.25) is 4.79 Å². The Morgan fingerprint density at radius 1 is 1.23 bits per heavy atom. The summed E-state index contributed by atoms with van der Waals surface area (Å²) < 4.78 is 16.9. The van der Waals surface area contributed by atoms with Crippen LogP contribution in [0, 0.1) is 5.82 Å². The molecule has 162 valence electrons. The van der Waals surface area contributed by atoms with Crippen LogP contribution in [0.1, 0.15) is 68.6 Å². The molecule has 2 fully saturated rings. The highest BCUT2D eigenvalue weighted by Crippen LogP contribution is 2.47. The van der Waals surface area contributed by atoms with Gasteiger partial charge >= 0.3 is 0 Å². The van der Waals surface area contributed by atoms with Crippen LogP contribution in [0.15, 0.2) is 34.8 Å². The van der Waals surface area contributed by atoms with E-state index in [1.54, 1.807) is 28.8 Å². The summed E-state index contributed by atoms with van der Waals surface area (Å²) >= 11 is 3.25. The Labute approximate surface area is 189 Å². The summed E-state index contributed by atoms with van der Waals surface area (Å²) in [6.07, 6.45) is 6.46. The molecule has 7 heteroatoms. The van der Waals surface area contributed by atoms with Gasteiger partial charge in [0.15, 0.2) is 5.65 Å². The smallest absolute Gasteiger partial charge is 0.272 e. The molecule has 0 radical (unpaired) electrons. The summed E-state index contributed by atoms with van der Waals surface area (Å²) in [6.45, 7) is 5.08. The standard InChI is InChI=1S/C24H26BrFN4O/c1-15-7-4-3-5-12-29(15)23(31)19-13-20(24(2)10-11-24)30-21(27-19)14-18(28-30)16-8-6-9-17(25)22(16)26/h6,8-9,13-15H,3-5,7,10-12H2,1-2H3/t15-/m1/s1. The molecule has 1 saturated carbocycles. The van der Waals surface area contributed by atoms with E-state index in [2.05, 4.69) is 29.8 Å². The molecule has 0 N–H and O–H groups in total. The number of hydrogen-bond acceptors (Lipinski definition) is 3. The van der Waals surface area contributed by atoms with Crippen molar-refractivity contribution in [1.29, 1.82) is 0 Å². The first kappa shape index (κ1) is 20.6. The van der Waals surface area contributed by atoms with Crippen LogP contribution in [0.4, 0.5) is 4.39 Å². The van der Waals surface area contributed by atoms with Crippen LogP contribution in [0.2, 0.25) is 0 Å². The van der Waals surface area contributed by atoms with Gasteiger partial charge in [-0.2, -0.15) is 5.10 Å². The molecule has 31 heavy (non-hydrogen) atoms. The Bertz CT molecular complexity index is 1170. The normalized spacial score (nSPS) is 20.6. The predicted octanol–water partition coefficient (Wildman–Crippen LogP) is 5.75. The van der Waals surface area contributed by atoms with Crippen molar-refractivity contribution in [3.63, 3.8) is 0 Å². The second kappa shape index (κ2) is 7.69. The number of fused-ring (bicyclic) bond motifs is 1. The van der Waals surface area contributed by atoms with Crippen molar-refractivity contribution in [3.05, 3.63) is 52.0 Å². The molecule has 0 spiro atoms. The summed E-state index contributed by atoms with van der Waals surface area (Å²) in [5, 5.41) is 4.70. The Balaban J connectivity index is 1.62. The first-order valence-corrected chi connectivity index (χ1v) is 11.8. The lowest BCUT2D eigenvalue weighted by molar-refractivity contribution is 0.0691. The van der Waals surface area contributed by atoms with Gasteiger partial charge < -0.3 is 4.90 Å². The highest BCUT2D eigenvalue weighted by atomic mass is 79.9. The maximum absolute atomic E-state index is 14.7. The van der Waals surface area contributed by atoms with Crippen molar-refractivity contribution < 1.29 is 9.18 Å². The third kappa shape index (κ3) is 3.67. The molecule has 1 aromatic carbocycles. The molecule has 0 bridgehead atoms. The summed E-state index contributed by atoms with van der Waals surface area (Å²) in [5.41, 5.74) is 2.94. The van der Waals surface area contributed by atoms with E-state index < -0.39 is 0 Å². The third-order valence-corrected chi connectivity index (χ3v) is 7.42. The molecule has 2 aliphatic rings. The van der Waals surface area contributed by atoms with Gasteiger partial charge in [-0.15, -0.1) is 0 Å². The van der Waals surface area contributed by atoms with Gasteiger partial charge in [0.25, 0.3) is 5.91 Å². The van der Waals surface area contributed by atoms with Gasteiger partial charge in [0.2, 0.25) is 0 Å². The fourth-order valence-electron chi connectivity index (χ4n) is 4.51. The number of amides is 1. The zero-order valence-corrected chi connectivity index (χ0v) is 19.5. The van der Waals surface area contributed by atoms with Crippen LogP contribution in [-0.4, -0.2) is 38.0 Å². The van der Waals surface area contributed by atoms with Crippen LogP contribution in [0.3, 0.4) is 0 Å². The number of rotatable bonds is 3. The van der Waals surface area contributed by atoms with E-state index in [1.165, 1.54) is 0 Å². The highest BCUT2D eigenvalue weighted by Gasteiger charge is 2.42. The Kier molecular flexibility index (Phi) is 5.12. The number of aromatic nitrogens is 3. The number of nitrogens with zero attached hydrogens (tertiary/aromatic N) is 4. The molecule has 1 amide bonds. The Morgan fingerprint density at radius 3 is 2.81 bits per heavy atom. The topological polar surface area (TPSA) is 50.5 Å². The minimum Gasteiger partial charge on any atom is -0.335 e. The lowest BCUT2D eigenvalue weighted by Gasteiger charge is -2.27. The number of halogens is 2. The minimum absolute atomic E-state index is 0.0150. The number of carbonyl (C=O) groups excluding carboxylic acids is 1. The SMILES string of the molecule is C[C@@H]1CCCCCN1C(=O)c1cc(C2(C)CC2)n2nc(-c3cccc(Br)c3F)cc2n1. The number of carbonyl (C=O) groups is 1. The number of benzene rings is 1. The van der Waals surface area contributed by atoms with E-state index in [1.807, 2.05) is 11.0 Å². The summed E-state index contributed by atoms with van der Waals surface area (Å²) in [6, 6.07) is 9.08. The molecule has 5 rings (SSSR count). The molecule has 1 atom stereocenters. The van der Waals surface area contributed by atoms with Crippen molar-refractivity contribution in [3.8, 4) is 11.3 Å². The van der Waals surface area contributed by atoms with Crippen LogP contribution in [0.25, 0.3) is 16.9 Å². The summed E-state index contributed by atoms with van der Waals surface area (Å²) in [7, 11) is 0. The van der Waals surface area contributed by atoms with Gasteiger partial charge in [-0.05, 0) is 66.7 Å². The van der Waals surface area contributed by atoms with Crippen molar-refractivity contribution in [1.82, 2.24) is 19.5 Å². The van der Waals surface area contributed by atoms with Crippen LogP contribution >= 0.6 is 15.9 Å². The first-order valence-electron chi connectivity index (χ1n) is 11.0. The van der Waals surface area contributed by atoms with Crippen LogP contribution < -0.4 is 0 Å². The highest BCUT2D eigenvalue weighted by molar-refractivity contribution is 9.10. The monoisotopic (exact) mass is 484 g/mol. The van der Waals surface area contributed by atoms with Gasteiger partial charge in [-0.25, -0.2) is 13.9 Å². The van der Waals surface area contributed by atoms with Crippen molar-refractivity contribution >= 4 is 27.5 Å². The minimum atomic E-state index is -0.347. The van der Waals surface area contributed by atoms with E-state index in [4.69, 9.17) is 10.1 Å². The number of likely N-dealkylation sites (tertiary alicyclic amines) is 1. The van der Waals surface area contributed by atoms with E-state index in [0.717, 1.165) is 50.8 Å². The van der Waals surface area contributed by atoms with Crippen molar-refractivity contribution in [2.24, 2.45) is 0 Å². The fraction of sp³-hybridized carbons (Fsp3) is 0.458. The van der Waals surface area contributed by atoms with Gasteiger partial charge in [0, 0.05) is 29.6 Å². The zero-order valence-electron chi connectivity index (χ0n) is 17.9. The molecule has 1 aliphatic carbocycles. The average molecular weight is 485 g/mol. The molecular weight excluding hydrogens is 459 g/mol. The molecule has 3 heterocycles. The summed E-state index contributed by atoms with van der Waals surface area (Å²) in [5.74, 6) is -0.362. The molecule has 0 unspecified atom stereocenters. The largest absolute Gasteiger partial charge is 0.335 e. The first-order chi connectivity index (χ1) is 14.9. The Hall–Kier alpha value is -2.28. The van der Waals surface area contributed by atoms with E-state index >= 15 is 0 Å². The fourth-order valence-corrected chi connectivity index (χ4v) is 4.88. The van der Waals surface area contributed by atoms with E-state index in [0.29, 0.717) is 27.1 Å². The lowest BCUT2D eigenvalue weighted by atomic mass is 10.0. The van der Waals surface area contributed by atoms with Crippen LogP contribution in [-0.2, 0) is 5.41 Å². The van der Waals surface area contributed by atoms with Gasteiger partial charge in [-0.1, -0.05) is 25.8 Å². The van der Waals surface area contributed by atoms with Gasteiger partial charge in [0.05, 0.1) is 15.9 Å². The summed E-state index contributed by atoms with van der Waals surface area (Å²) in [4.78, 5) is 20.1. The third-order valence-electron chi connectivity index (χ3n) is 6.81. The molecule has 1 saturated heterocycles. The Morgan fingerprint density at radius 2 is 2.03 bits per heavy atom. The average Bonchev–Trinajstić information content (AvgIpc) is 3.42. The maximum Gasteiger partial charge on any atom is 0.272 e. The molecule has 1 aliphatic heterocycles. The molecular formula is C24H26BrFN4O. The van der Waals surface area contributed by atoms with Crippen molar-refractivity contribution in [2.75, 3.05) is 6.54 Å². The van der Waals surface area contributed by atoms with Crippen LogP contribution in [0.5, 0.6) is 0 Å². The number of hydrogen-bond donors (Lipinski definition) is 0. The second-order valence-electron chi connectivity index (χ2n) is 9.19. The van der Waals surface area contributed by atoms with E-state index in [9.17, 15) is 9.18 Å². The van der Waals surface area contributed by atoms with E-state index in [-0.39, 0.29) is 23.2 Å². The quantitative estimate of drug-likeness (QED) is 0.475. The molecule has 5 nitrogen and oxygen atoms in total. The maximum atomic E-state index is 14.7. The van der Waals surface area contributed by atoms with Gasteiger partial charge in [0.1, 0.15) is 11.5 Å². The second-order valence-corrected chi connectivity index (χ2v) is 10.0. The molecule has 2 aromatic heterocycles. The predicted molar refractivity (Wildman–Crippen MR) is 122 cm³/mol. The molecule has 3 aromatic rings. The van der Waals surface area contributed by atoms with Crippen molar-refractivity contribution in [2.45, 2.75) is 63.8 Å².